The van der Waals surface area contributed by atoms with Crippen LogP contribution in [0.2, 0.25) is 0 Å². The third-order valence-electron chi connectivity index (χ3n) is 5.57. The summed E-state index contributed by atoms with van der Waals surface area (Å²) in [5, 5.41) is 4.16. The standard InChI is InChI=1S/C25H22N4O/c1-16-9-10-26-13-22(16)21-11-20(24-17(2)28-30-18(24)3)12-23-25(21)27-15-29(23)14-19-7-5-4-6-8-19/h4-13,15H,14H2,1-3H3. The predicted molar refractivity (Wildman–Crippen MR) is 118 cm³/mol. The number of nitrogens with zero attached hydrogens (tertiary/aromatic N) is 4. The predicted octanol–water partition coefficient (Wildman–Crippen LogP) is 5.73. The number of rotatable bonds is 4. The number of pyridine rings is 1. The summed E-state index contributed by atoms with van der Waals surface area (Å²) < 4.78 is 7.65. The van der Waals surface area contributed by atoms with Gasteiger partial charge in [0, 0.05) is 35.6 Å². The highest BCUT2D eigenvalue weighted by Gasteiger charge is 2.18. The van der Waals surface area contributed by atoms with Crippen LogP contribution in [0, 0.1) is 20.8 Å². The van der Waals surface area contributed by atoms with Gasteiger partial charge in [-0.25, -0.2) is 4.98 Å². The summed E-state index contributed by atoms with van der Waals surface area (Å²) in [6.45, 7) is 6.79. The first kappa shape index (κ1) is 18.3. The fourth-order valence-corrected chi connectivity index (χ4v) is 4.06. The summed E-state index contributed by atoms with van der Waals surface area (Å²) >= 11 is 0. The van der Waals surface area contributed by atoms with Gasteiger partial charge in [-0.3, -0.25) is 4.98 Å². The fraction of sp³-hybridized carbons (Fsp3) is 0.160. The Kier molecular flexibility index (Phi) is 4.43. The van der Waals surface area contributed by atoms with Gasteiger partial charge in [-0.15, -0.1) is 0 Å². The maximum Gasteiger partial charge on any atom is 0.141 e. The molecule has 5 aromatic rings. The third-order valence-corrected chi connectivity index (χ3v) is 5.57. The Hall–Kier alpha value is -3.73. The van der Waals surface area contributed by atoms with Crippen molar-refractivity contribution >= 4 is 11.0 Å². The van der Waals surface area contributed by atoms with Crippen LogP contribution in [0.15, 0.2) is 71.8 Å². The van der Waals surface area contributed by atoms with Crippen LogP contribution in [-0.2, 0) is 6.54 Å². The van der Waals surface area contributed by atoms with E-state index in [4.69, 9.17) is 9.51 Å². The zero-order valence-electron chi connectivity index (χ0n) is 17.3. The van der Waals surface area contributed by atoms with Crippen molar-refractivity contribution in [1.29, 1.82) is 0 Å². The molecule has 0 amide bonds. The number of benzene rings is 2. The lowest BCUT2D eigenvalue weighted by molar-refractivity contribution is 0.393. The average molecular weight is 394 g/mol. The quantitative estimate of drug-likeness (QED) is 0.391. The Morgan fingerprint density at radius 2 is 1.80 bits per heavy atom. The SMILES string of the molecule is Cc1ccncc1-c1cc(-c2c(C)noc2C)cc2c1ncn2Cc1ccccc1. The van der Waals surface area contributed by atoms with Crippen LogP contribution in [-0.4, -0.2) is 19.7 Å². The molecule has 0 bridgehead atoms. The van der Waals surface area contributed by atoms with Crippen molar-refractivity contribution in [3.63, 3.8) is 0 Å². The maximum absolute atomic E-state index is 5.45. The molecule has 5 nitrogen and oxygen atoms in total. The molecule has 0 unspecified atom stereocenters. The highest BCUT2D eigenvalue weighted by Crippen LogP contribution is 2.36. The van der Waals surface area contributed by atoms with E-state index in [9.17, 15) is 0 Å². The van der Waals surface area contributed by atoms with E-state index in [1.807, 2.05) is 44.7 Å². The smallest absolute Gasteiger partial charge is 0.141 e. The zero-order valence-corrected chi connectivity index (χ0v) is 17.3. The summed E-state index contributed by atoms with van der Waals surface area (Å²) in [4.78, 5) is 9.16. The minimum Gasteiger partial charge on any atom is -0.361 e. The Labute approximate surface area is 175 Å². The maximum atomic E-state index is 5.45. The first-order chi connectivity index (χ1) is 14.6. The van der Waals surface area contributed by atoms with Crippen LogP contribution in [0.25, 0.3) is 33.3 Å². The summed E-state index contributed by atoms with van der Waals surface area (Å²) in [7, 11) is 0. The number of imidazole rings is 1. The van der Waals surface area contributed by atoms with Crippen LogP contribution < -0.4 is 0 Å². The summed E-state index contributed by atoms with van der Waals surface area (Å²) in [5.41, 5.74) is 9.60. The van der Waals surface area contributed by atoms with Gasteiger partial charge < -0.3 is 9.09 Å². The van der Waals surface area contributed by atoms with Crippen molar-refractivity contribution in [3.05, 3.63) is 89.8 Å². The minimum atomic E-state index is 0.758. The van der Waals surface area contributed by atoms with Gasteiger partial charge in [-0.2, -0.15) is 0 Å². The lowest BCUT2D eigenvalue weighted by atomic mass is 9.95. The average Bonchev–Trinajstić information content (AvgIpc) is 3.31. The number of aryl methyl sites for hydroxylation is 3. The van der Waals surface area contributed by atoms with Crippen molar-refractivity contribution < 1.29 is 4.52 Å². The largest absolute Gasteiger partial charge is 0.361 e. The van der Waals surface area contributed by atoms with E-state index in [1.165, 1.54) is 11.1 Å². The van der Waals surface area contributed by atoms with Crippen LogP contribution in [0.5, 0.6) is 0 Å². The summed E-state index contributed by atoms with van der Waals surface area (Å²) in [6, 6.07) is 16.8. The van der Waals surface area contributed by atoms with Gasteiger partial charge in [0.15, 0.2) is 0 Å². The lowest BCUT2D eigenvalue weighted by Gasteiger charge is -2.11. The molecule has 0 saturated carbocycles. The zero-order chi connectivity index (χ0) is 20.7. The lowest BCUT2D eigenvalue weighted by Crippen LogP contribution is -1.98. The second-order valence-electron chi connectivity index (χ2n) is 7.64. The van der Waals surface area contributed by atoms with Gasteiger partial charge in [0.25, 0.3) is 0 Å². The second-order valence-corrected chi connectivity index (χ2v) is 7.64. The molecule has 2 aromatic carbocycles. The summed E-state index contributed by atoms with van der Waals surface area (Å²) in [6.07, 6.45) is 5.66. The molecule has 5 rings (SSSR count). The Morgan fingerprint density at radius 1 is 0.967 bits per heavy atom. The van der Waals surface area contributed by atoms with Gasteiger partial charge in [0.2, 0.25) is 0 Å². The number of aromatic nitrogens is 4. The highest BCUT2D eigenvalue weighted by atomic mass is 16.5. The molecule has 0 spiro atoms. The Morgan fingerprint density at radius 3 is 2.53 bits per heavy atom. The molecule has 30 heavy (non-hydrogen) atoms. The summed E-state index contributed by atoms with van der Waals surface area (Å²) in [5.74, 6) is 0.815. The van der Waals surface area contributed by atoms with Crippen molar-refractivity contribution in [2.45, 2.75) is 27.3 Å². The van der Waals surface area contributed by atoms with Gasteiger partial charge in [0.1, 0.15) is 5.76 Å². The van der Waals surface area contributed by atoms with Crippen LogP contribution >= 0.6 is 0 Å². The minimum absolute atomic E-state index is 0.758. The molecule has 0 aliphatic carbocycles. The van der Waals surface area contributed by atoms with Crippen LogP contribution in [0.4, 0.5) is 0 Å². The van der Waals surface area contributed by atoms with Gasteiger partial charge in [0.05, 0.1) is 23.1 Å². The molecular formula is C25H22N4O. The number of fused-ring (bicyclic) bond motifs is 1. The molecule has 0 N–H and O–H groups in total. The van der Waals surface area contributed by atoms with Crippen molar-refractivity contribution in [1.82, 2.24) is 19.7 Å². The normalized spacial score (nSPS) is 11.3. The molecule has 0 aliphatic rings. The molecule has 5 heteroatoms. The molecule has 3 aromatic heterocycles. The molecule has 0 saturated heterocycles. The van der Waals surface area contributed by atoms with E-state index in [0.717, 1.165) is 51.3 Å². The van der Waals surface area contributed by atoms with E-state index in [-0.39, 0.29) is 0 Å². The van der Waals surface area contributed by atoms with Gasteiger partial charge >= 0.3 is 0 Å². The topological polar surface area (TPSA) is 56.7 Å². The molecular weight excluding hydrogens is 372 g/mol. The Balaban J connectivity index is 1.77. The van der Waals surface area contributed by atoms with Crippen LogP contribution in [0.1, 0.15) is 22.6 Å². The molecule has 0 radical (unpaired) electrons. The van der Waals surface area contributed by atoms with Gasteiger partial charge in [-0.1, -0.05) is 35.5 Å². The highest BCUT2D eigenvalue weighted by molar-refractivity contribution is 5.97. The molecule has 0 atom stereocenters. The van der Waals surface area contributed by atoms with Crippen molar-refractivity contribution in [2.75, 3.05) is 0 Å². The third kappa shape index (κ3) is 3.08. The second kappa shape index (κ2) is 7.26. The van der Waals surface area contributed by atoms with Gasteiger partial charge in [-0.05, 0) is 55.7 Å². The van der Waals surface area contributed by atoms with E-state index in [1.54, 1.807) is 0 Å². The molecule has 3 heterocycles. The van der Waals surface area contributed by atoms with E-state index in [2.05, 4.69) is 58.0 Å². The van der Waals surface area contributed by atoms with Crippen LogP contribution in [0.3, 0.4) is 0 Å². The van der Waals surface area contributed by atoms with E-state index >= 15 is 0 Å². The Bertz CT molecular complexity index is 1330. The van der Waals surface area contributed by atoms with E-state index in [0.29, 0.717) is 0 Å². The molecule has 0 aliphatic heterocycles. The van der Waals surface area contributed by atoms with Crippen molar-refractivity contribution in [2.24, 2.45) is 0 Å². The number of hydrogen-bond donors (Lipinski definition) is 0. The first-order valence-corrected chi connectivity index (χ1v) is 9.99. The first-order valence-electron chi connectivity index (χ1n) is 9.99. The molecule has 148 valence electrons. The molecule has 0 fully saturated rings. The monoisotopic (exact) mass is 394 g/mol. The van der Waals surface area contributed by atoms with Crippen molar-refractivity contribution in [3.8, 4) is 22.3 Å². The van der Waals surface area contributed by atoms with E-state index < -0.39 is 0 Å². The number of hydrogen-bond acceptors (Lipinski definition) is 4. The fourth-order valence-electron chi connectivity index (χ4n) is 4.06.